The molecule has 2 aliphatic rings. The summed E-state index contributed by atoms with van der Waals surface area (Å²) in [6, 6.07) is 14.5. The van der Waals surface area contributed by atoms with Gasteiger partial charge in [-0.2, -0.15) is 0 Å². The van der Waals surface area contributed by atoms with Crippen LogP contribution in [0.3, 0.4) is 0 Å². The first-order valence-corrected chi connectivity index (χ1v) is 13.0. The molecular weight excluding hydrogens is 465 g/mol. The fourth-order valence-electron chi connectivity index (χ4n) is 4.55. The summed E-state index contributed by atoms with van der Waals surface area (Å²) in [5, 5.41) is 0. The van der Waals surface area contributed by atoms with Gasteiger partial charge in [-0.3, -0.25) is 4.79 Å². The third-order valence-corrected chi connectivity index (χ3v) is 7.50. The van der Waals surface area contributed by atoms with E-state index in [1.165, 1.54) is 17.0 Å². The number of nitrogens with zero attached hydrogens (tertiary/aromatic N) is 1. The molecule has 1 amide bonds. The summed E-state index contributed by atoms with van der Waals surface area (Å²) in [6.45, 7) is 4.65. The van der Waals surface area contributed by atoms with E-state index in [-0.39, 0.29) is 24.2 Å². The Bertz CT molecular complexity index is 1170. The summed E-state index contributed by atoms with van der Waals surface area (Å²) in [6.07, 6.45) is 3.57. The number of rotatable bonds is 6. The number of halogens is 1. The van der Waals surface area contributed by atoms with Gasteiger partial charge in [0.1, 0.15) is 19.0 Å². The molecule has 184 valence electrons. The number of hydrogen-bond donors (Lipinski definition) is 0. The van der Waals surface area contributed by atoms with Crippen molar-refractivity contribution in [3.8, 4) is 21.9 Å². The topological polar surface area (TPSA) is 48.0 Å². The van der Waals surface area contributed by atoms with E-state index >= 15 is 0 Å². The summed E-state index contributed by atoms with van der Waals surface area (Å²) in [7, 11) is 0. The van der Waals surface area contributed by atoms with Crippen LogP contribution in [0.25, 0.3) is 10.4 Å². The monoisotopic (exact) mass is 495 g/mol. The van der Waals surface area contributed by atoms with Gasteiger partial charge in [0.2, 0.25) is 5.91 Å². The standard InChI is InChI=1S/C28H30FNO4S/c1-19-5-10-26(35-19)21-15-22-17-30(27(31)14-20-6-8-23(29)9-7-20)11-13-33-28(22)25(16-21)34-18-24-4-2-3-12-32-24/h5-10,15-16,24H,2-4,11-14,17-18H2,1H3. The number of benzene rings is 2. The van der Waals surface area contributed by atoms with Gasteiger partial charge in [-0.05, 0) is 73.7 Å². The van der Waals surface area contributed by atoms with Crippen molar-refractivity contribution in [3.63, 3.8) is 0 Å². The van der Waals surface area contributed by atoms with Gasteiger partial charge in [-0.15, -0.1) is 11.3 Å². The average molecular weight is 496 g/mol. The Balaban J connectivity index is 1.40. The second-order valence-corrected chi connectivity index (χ2v) is 10.4. The molecule has 2 aromatic carbocycles. The molecule has 0 spiro atoms. The molecule has 1 unspecified atom stereocenters. The van der Waals surface area contributed by atoms with Gasteiger partial charge in [0.05, 0.1) is 19.1 Å². The van der Waals surface area contributed by atoms with Crippen LogP contribution < -0.4 is 9.47 Å². The van der Waals surface area contributed by atoms with Crippen LogP contribution in [0.15, 0.2) is 48.5 Å². The minimum absolute atomic E-state index is 0.0106. The van der Waals surface area contributed by atoms with Crippen molar-refractivity contribution in [2.75, 3.05) is 26.4 Å². The lowest BCUT2D eigenvalue weighted by Crippen LogP contribution is -2.33. The normalized spacial score (nSPS) is 17.9. The predicted octanol–water partition coefficient (Wildman–Crippen LogP) is 5.77. The Morgan fingerprint density at radius 1 is 1.14 bits per heavy atom. The molecule has 3 heterocycles. The highest BCUT2D eigenvalue weighted by Crippen LogP contribution is 2.40. The zero-order chi connectivity index (χ0) is 24.2. The molecule has 1 fully saturated rings. The maximum atomic E-state index is 13.3. The molecule has 0 radical (unpaired) electrons. The van der Waals surface area contributed by atoms with Crippen LogP contribution in [0.4, 0.5) is 4.39 Å². The molecular formula is C28H30FNO4S. The second kappa shape index (κ2) is 10.8. The summed E-state index contributed by atoms with van der Waals surface area (Å²) >= 11 is 1.73. The van der Waals surface area contributed by atoms with Gasteiger partial charge in [0.25, 0.3) is 0 Å². The van der Waals surface area contributed by atoms with E-state index in [2.05, 4.69) is 25.1 Å². The Labute approximate surface area is 209 Å². The Morgan fingerprint density at radius 2 is 2.00 bits per heavy atom. The van der Waals surface area contributed by atoms with Crippen LogP contribution in [0.2, 0.25) is 0 Å². The number of ether oxygens (including phenoxy) is 3. The summed E-state index contributed by atoms with van der Waals surface area (Å²) in [5.41, 5.74) is 2.78. The predicted molar refractivity (Wildman–Crippen MR) is 135 cm³/mol. The molecule has 5 nitrogen and oxygen atoms in total. The quantitative estimate of drug-likeness (QED) is 0.435. The molecule has 1 saturated heterocycles. The number of carbonyl (C=O) groups is 1. The molecule has 0 bridgehead atoms. The van der Waals surface area contributed by atoms with Crippen LogP contribution in [0.5, 0.6) is 11.5 Å². The minimum Gasteiger partial charge on any atom is -0.487 e. The van der Waals surface area contributed by atoms with E-state index < -0.39 is 0 Å². The van der Waals surface area contributed by atoms with E-state index in [0.29, 0.717) is 37.8 Å². The number of amides is 1. The van der Waals surface area contributed by atoms with Crippen molar-refractivity contribution in [2.24, 2.45) is 0 Å². The molecule has 1 aromatic heterocycles. The number of fused-ring (bicyclic) bond motifs is 1. The molecule has 0 aliphatic carbocycles. The first-order valence-electron chi connectivity index (χ1n) is 12.2. The number of aryl methyl sites for hydroxylation is 1. The average Bonchev–Trinajstić information content (AvgIpc) is 3.18. The van der Waals surface area contributed by atoms with Gasteiger partial charge in [-0.25, -0.2) is 4.39 Å². The fraction of sp³-hybridized carbons (Fsp3) is 0.393. The van der Waals surface area contributed by atoms with Crippen LogP contribution in [-0.2, 0) is 22.5 Å². The number of carbonyl (C=O) groups excluding carboxylic acids is 1. The fourth-order valence-corrected chi connectivity index (χ4v) is 5.40. The Morgan fingerprint density at radius 3 is 2.74 bits per heavy atom. The highest BCUT2D eigenvalue weighted by molar-refractivity contribution is 7.15. The van der Waals surface area contributed by atoms with Crippen LogP contribution in [0, 0.1) is 12.7 Å². The van der Waals surface area contributed by atoms with Gasteiger partial charge in [0, 0.05) is 28.5 Å². The second-order valence-electron chi connectivity index (χ2n) is 9.14. The van der Waals surface area contributed by atoms with E-state index in [9.17, 15) is 9.18 Å². The third kappa shape index (κ3) is 5.85. The molecule has 7 heteroatoms. The molecule has 0 N–H and O–H groups in total. The van der Waals surface area contributed by atoms with E-state index in [1.54, 1.807) is 23.5 Å². The van der Waals surface area contributed by atoms with Gasteiger partial charge in [-0.1, -0.05) is 12.1 Å². The molecule has 2 aliphatic heterocycles. The Kier molecular flexibility index (Phi) is 7.35. The van der Waals surface area contributed by atoms with Crippen molar-refractivity contribution >= 4 is 17.2 Å². The first-order chi connectivity index (χ1) is 17.0. The third-order valence-electron chi connectivity index (χ3n) is 6.45. The highest BCUT2D eigenvalue weighted by atomic mass is 32.1. The number of hydrogen-bond acceptors (Lipinski definition) is 5. The van der Waals surface area contributed by atoms with Crippen molar-refractivity contribution in [2.45, 2.75) is 45.3 Å². The summed E-state index contributed by atoms with van der Waals surface area (Å²) in [5.74, 6) is 1.09. The largest absolute Gasteiger partial charge is 0.487 e. The van der Waals surface area contributed by atoms with Crippen molar-refractivity contribution in [1.82, 2.24) is 4.90 Å². The van der Waals surface area contributed by atoms with Crippen LogP contribution in [0.1, 0.15) is 35.3 Å². The molecule has 3 aromatic rings. The summed E-state index contributed by atoms with van der Waals surface area (Å²) in [4.78, 5) is 17.3. The van der Waals surface area contributed by atoms with Crippen LogP contribution in [-0.4, -0.2) is 43.3 Å². The Hall–Kier alpha value is -2.90. The maximum Gasteiger partial charge on any atom is 0.227 e. The zero-order valence-corrected chi connectivity index (χ0v) is 20.7. The first kappa shape index (κ1) is 23.8. The lowest BCUT2D eigenvalue weighted by atomic mass is 10.1. The highest BCUT2D eigenvalue weighted by Gasteiger charge is 2.25. The van der Waals surface area contributed by atoms with Crippen molar-refractivity contribution < 1.29 is 23.4 Å². The smallest absolute Gasteiger partial charge is 0.227 e. The van der Waals surface area contributed by atoms with E-state index in [1.807, 2.05) is 11.0 Å². The maximum absolute atomic E-state index is 13.3. The van der Waals surface area contributed by atoms with Crippen LogP contribution >= 0.6 is 11.3 Å². The molecule has 5 rings (SSSR count). The lowest BCUT2D eigenvalue weighted by Gasteiger charge is -2.24. The number of thiophene rings is 1. The SMILES string of the molecule is Cc1ccc(-c2cc3c(c(OCC4CCCCO4)c2)OCCN(C(=O)Cc2ccc(F)cc2)C3)s1. The van der Waals surface area contributed by atoms with Crippen molar-refractivity contribution in [1.29, 1.82) is 0 Å². The van der Waals surface area contributed by atoms with Gasteiger partial charge >= 0.3 is 0 Å². The lowest BCUT2D eigenvalue weighted by molar-refractivity contribution is -0.131. The van der Waals surface area contributed by atoms with E-state index in [0.717, 1.165) is 47.4 Å². The summed E-state index contributed by atoms with van der Waals surface area (Å²) < 4.78 is 31.6. The van der Waals surface area contributed by atoms with Crippen molar-refractivity contribution in [3.05, 3.63) is 70.4 Å². The van der Waals surface area contributed by atoms with E-state index in [4.69, 9.17) is 14.2 Å². The molecule has 1 atom stereocenters. The molecule has 0 saturated carbocycles. The van der Waals surface area contributed by atoms with Gasteiger partial charge < -0.3 is 19.1 Å². The zero-order valence-electron chi connectivity index (χ0n) is 19.9. The van der Waals surface area contributed by atoms with Gasteiger partial charge in [0.15, 0.2) is 11.5 Å². The molecule has 35 heavy (non-hydrogen) atoms. The minimum atomic E-state index is -0.305.